The maximum absolute atomic E-state index is 10.3. The van der Waals surface area contributed by atoms with Gasteiger partial charge >= 0.3 is 0 Å². The minimum absolute atomic E-state index is 0.0585. The number of hydrogen-bond acceptors (Lipinski definition) is 8. The predicted molar refractivity (Wildman–Crippen MR) is 77.1 cm³/mol. The highest BCUT2D eigenvalue weighted by molar-refractivity contribution is 5.70. The number of nitrogens with two attached hydrogens (primary N) is 2. The van der Waals surface area contributed by atoms with Gasteiger partial charge in [-0.25, -0.2) is 9.97 Å². The number of terminal acetylenes is 1. The molecule has 5 atom stereocenters. The van der Waals surface area contributed by atoms with Crippen molar-refractivity contribution in [2.45, 2.75) is 37.0 Å². The first-order valence-electron chi connectivity index (χ1n) is 6.61. The Kier molecular flexibility index (Phi) is 3.26. The first kappa shape index (κ1) is 14.7. The van der Waals surface area contributed by atoms with Crippen LogP contribution < -0.4 is 11.5 Å². The molecular formula is C13H16N6O3. The lowest BCUT2D eigenvalue weighted by Gasteiger charge is -2.27. The van der Waals surface area contributed by atoms with Crippen LogP contribution in [-0.2, 0) is 4.74 Å². The van der Waals surface area contributed by atoms with E-state index in [2.05, 4.69) is 20.9 Å². The van der Waals surface area contributed by atoms with Crippen LogP contribution in [0.25, 0.3) is 11.2 Å². The summed E-state index contributed by atoms with van der Waals surface area (Å²) >= 11 is 0. The van der Waals surface area contributed by atoms with Crippen LogP contribution in [0.5, 0.6) is 0 Å². The molecule has 1 unspecified atom stereocenters. The summed E-state index contributed by atoms with van der Waals surface area (Å²) in [4.78, 5) is 12.1. The SMILES string of the molecule is C#CC1(N)[C@@H](O)[C@@H]([C@@H](C)O)O[C@H]1n1cnc2cnc(N)nc21. The summed E-state index contributed by atoms with van der Waals surface area (Å²) in [6, 6.07) is 0. The van der Waals surface area contributed by atoms with Crippen molar-refractivity contribution in [2.24, 2.45) is 5.73 Å². The fourth-order valence-electron chi connectivity index (χ4n) is 2.60. The Morgan fingerprint density at radius 2 is 2.27 bits per heavy atom. The van der Waals surface area contributed by atoms with Gasteiger partial charge in [-0.2, -0.15) is 4.98 Å². The molecule has 22 heavy (non-hydrogen) atoms. The lowest BCUT2D eigenvalue weighted by atomic mass is 9.90. The van der Waals surface area contributed by atoms with E-state index in [9.17, 15) is 10.2 Å². The lowest BCUT2D eigenvalue weighted by molar-refractivity contribution is -0.0756. The molecule has 3 heterocycles. The number of nitrogen functional groups attached to an aromatic ring is 1. The third-order valence-electron chi connectivity index (χ3n) is 3.81. The number of hydrogen-bond donors (Lipinski definition) is 4. The van der Waals surface area contributed by atoms with Crippen LogP contribution in [0.1, 0.15) is 13.2 Å². The molecule has 0 radical (unpaired) electrons. The van der Waals surface area contributed by atoms with Crippen molar-refractivity contribution in [1.29, 1.82) is 0 Å². The van der Waals surface area contributed by atoms with E-state index >= 15 is 0 Å². The van der Waals surface area contributed by atoms with Crippen LogP contribution in [0.4, 0.5) is 5.95 Å². The lowest BCUT2D eigenvalue weighted by Crippen LogP contribution is -2.54. The van der Waals surface area contributed by atoms with Gasteiger partial charge in [-0.15, -0.1) is 6.42 Å². The van der Waals surface area contributed by atoms with Crippen LogP contribution in [-0.4, -0.2) is 53.6 Å². The zero-order valence-corrected chi connectivity index (χ0v) is 11.8. The van der Waals surface area contributed by atoms with Gasteiger partial charge in [0.1, 0.15) is 17.7 Å². The third-order valence-corrected chi connectivity index (χ3v) is 3.81. The molecule has 1 aliphatic heterocycles. The number of imidazole rings is 1. The smallest absolute Gasteiger partial charge is 0.222 e. The molecular weight excluding hydrogens is 288 g/mol. The van der Waals surface area contributed by atoms with Crippen molar-refractivity contribution in [2.75, 3.05) is 5.73 Å². The fraction of sp³-hybridized carbons (Fsp3) is 0.462. The van der Waals surface area contributed by atoms with Crippen LogP contribution in [0.3, 0.4) is 0 Å². The molecule has 3 rings (SSSR count). The number of nitrogens with zero attached hydrogens (tertiary/aromatic N) is 4. The van der Waals surface area contributed by atoms with Crippen molar-refractivity contribution in [1.82, 2.24) is 19.5 Å². The van der Waals surface area contributed by atoms with Gasteiger partial charge in [0.05, 0.1) is 18.6 Å². The minimum Gasteiger partial charge on any atom is -0.391 e. The van der Waals surface area contributed by atoms with Gasteiger partial charge in [0.2, 0.25) is 5.95 Å². The van der Waals surface area contributed by atoms with Crippen LogP contribution in [0.15, 0.2) is 12.5 Å². The average Bonchev–Trinajstić information content (AvgIpc) is 2.99. The number of ether oxygens (including phenoxy) is 1. The van der Waals surface area contributed by atoms with E-state index in [0.29, 0.717) is 11.2 Å². The molecule has 9 nitrogen and oxygen atoms in total. The van der Waals surface area contributed by atoms with E-state index in [1.807, 2.05) is 0 Å². The molecule has 0 amide bonds. The van der Waals surface area contributed by atoms with E-state index in [0.717, 1.165) is 0 Å². The Bertz CT molecular complexity index is 754. The number of fused-ring (bicyclic) bond motifs is 1. The van der Waals surface area contributed by atoms with E-state index in [-0.39, 0.29) is 5.95 Å². The largest absolute Gasteiger partial charge is 0.391 e. The molecule has 9 heteroatoms. The summed E-state index contributed by atoms with van der Waals surface area (Å²) < 4.78 is 7.17. The zero-order chi connectivity index (χ0) is 16.1. The molecule has 0 saturated carbocycles. The molecule has 0 spiro atoms. The fourth-order valence-corrected chi connectivity index (χ4v) is 2.60. The van der Waals surface area contributed by atoms with E-state index in [1.165, 1.54) is 24.0 Å². The topological polar surface area (TPSA) is 145 Å². The zero-order valence-electron chi connectivity index (χ0n) is 11.8. The summed E-state index contributed by atoms with van der Waals surface area (Å²) in [6.45, 7) is 1.49. The van der Waals surface area contributed by atoms with Crippen LogP contribution in [0, 0.1) is 12.3 Å². The predicted octanol–water partition coefficient (Wildman–Crippen LogP) is -1.62. The highest BCUT2D eigenvalue weighted by Crippen LogP contribution is 2.38. The highest BCUT2D eigenvalue weighted by atomic mass is 16.5. The van der Waals surface area contributed by atoms with Gasteiger partial charge in [-0.3, -0.25) is 4.57 Å². The molecule has 0 aromatic carbocycles. The number of aromatic nitrogens is 4. The minimum atomic E-state index is -1.55. The molecule has 0 aliphatic carbocycles. The molecule has 1 aliphatic rings. The summed E-state index contributed by atoms with van der Waals surface area (Å²) in [6.07, 6.45) is 4.31. The first-order chi connectivity index (χ1) is 10.4. The Morgan fingerprint density at radius 3 is 2.91 bits per heavy atom. The molecule has 116 valence electrons. The summed E-state index contributed by atoms with van der Waals surface area (Å²) in [5, 5.41) is 20.1. The van der Waals surface area contributed by atoms with Gasteiger partial charge in [0.25, 0.3) is 0 Å². The van der Waals surface area contributed by atoms with Crippen molar-refractivity contribution in [3.8, 4) is 12.3 Å². The average molecular weight is 304 g/mol. The van der Waals surface area contributed by atoms with Gasteiger partial charge < -0.3 is 26.4 Å². The molecule has 2 aromatic heterocycles. The standard InChI is InChI=1S/C13H16N6O3/c1-3-13(15)9(21)8(6(2)20)22-11(13)19-5-17-7-4-16-12(14)18-10(7)19/h1,4-6,8-9,11,20-21H,15H2,2H3,(H2,14,16,18)/t6-,8-,9+,11-,13?/m1/s1. The second-order valence-electron chi connectivity index (χ2n) is 5.30. The summed E-state index contributed by atoms with van der Waals surface area (Å²) in [5.41, 5.74) is 11.0. The van der Waals surface area contributed by atoms with Crippen molar-refractivity contribution in [3.05, 3.63) is 12.5 Å². The van der Waals surface area contributed by atoms with Gasteiger partial charge in [-0.05, 0) is 6.92 Å². The Hall–Kier alpha value is -2.25. The number of aliphatic hydroxyl groups is 2. The molecule has 2 aromatic rings. The second-order valence-corrected chi connectivity index (χ2v) is 5.30. The molecule has 0 bridgehead atoms. The Morgan fingerprint density at radius 1 is 1.55 bits per heavy atom. The Labute approximate surface area is 125 Å². The quantitative estimate of drug-likeness (QED) is 0.484. The monoisotopic (exact) mass is 304 g/mol. The normalized spacial score (nSPS) is 33.0. The maximum atomic E-state index is 10.3. The number of rotatable bonds is 2. The number of aliphatic hydroxyl groups excluding tert-OH is 2. The third kappa shape index (κ3) is 1.93. The van der Waals surface area contributed by atoms with Crippen molar-refractivity contribution >= 4 is 17.1 Å². The Balaban J connectivity index is 2.13. The second kappa shape index (κ2) is 4.89. The van der Waals surface area contributed by atoms with E-state index in [4.69, 9.17) is 22.6 Å². The maximum Gasteiger partial charge on any atom is 0.222 e. The first-order valence-corrected chi connectivity index (χ1v) is 6.61. The molecule has 6 N–H and O–H groups in total. The molecule has 1 fully saturated rings. The molecule has 1 saturated heterocycles. The van der Waals surface area contributed by atoms with Gasteiger partial charge in [0, 0.05) is 0 Å². The van der Waals surface area contributed by atoms with Crippen molar-refractivity contribution < 1.29 is 14.9 Å². The highest BCUT2D eigenvalue weighted by Gasteiger charge is 2.55. The van der Waals surface area contributed by atoms with E-state index in [1.54, 1.807) is 0 Å². The number of anilines is 1. The summed E-state index contributed by atoms with van der Waals surface area (Å²) in [5.74, 6) is 2.42. The van der Waals surface area contributed by atoms with Crippen LogP contribution >= 0.6 is 0 Å². The van der Waals surface area contributed by atoms with Gasteiger partial charge in [0.15, 0.2) is 17.4 Å². The van der Waals surface area contributed by atoms with Gasteiger partial charge in [-0.1, -0.05) is 5.92 Å². The summed E-state index contributed by atoms with van der Waals surface area (Å²) in [7, 11) is 0. The van der Waals surface area contributed by atoms with Crippen LogP contribution in [0.2, 0.25) is 0 Å². The van der Waals surface area contributed by atoms with Crippen molar-refractivity contribution in [3.63, 3.8) is 0 Å². The van der Waals surface area contributed by atoms with E-state index < -0.39 is 30.1 Å².